The summed E-state index contributed by atoms with van der Waals surface area (Å²) in [5.41, 5.74) is -1.06. The van der Waals surface area contributed by atoms with Gasteiger partial charge in [0.1, 0.15) is 5.60 Å². The van der Waals surface area contributed by atoms with Crippen LogP contribution in [0.4, 0.5) is 0 Å². The Labute approximate surface area is 144 Å². The molecule has 0 aromatic heterocycles. The Bertz CT molecular complexity index is 558. The molecule has 4 fully saturated rings. The minimum absolute atomic E-state index is 0.0338. The summed E-state index contributed by atoms with van der Waals surface area (Å²) >= 11 is 0. The molecule has 4 aliphatic carbocycles. The minimum Gasteiger partial charge on any atom is -0.396 e. The summed E-state index contributed by atoms with van der Waals surface area (Å²) in [5, 5.41) is 43.0. The number of rotatable bonds is 1. The van der Waals surface area contributed by atoms with E-state index < -0.39 is 23.2 Å². The smallest absolute Gasteiger partial charge is 0.105 e. The molecule has 136 valence electrons. The van der Waals surface area contributed by atoms with Crippen molar-refractivity contribution >= 4 is 0 Å². The van der Waals surface area contributed by atoms with Crippen LogP contribution in [0.3, 0.4) is 0 Å². The molecule has 1 spiro atoms. The van der Waals surface area contributed by atoms with Crippen LogP contribution in [0, 0.1) is 34.5 Å². The molecule has 0 aliphatic heterocycles. The van der Waals surface area contributed by atoms with Crippen LogP contribution >= 0.6 is 0 Å². The van der Waals surface area contributed by atoms with E-state index in [0.717, 1.165) is 31.3 Å². The van der Waals surface area contributed by atoms with E-state index in [0.29, 0.717) is 30.6 Å². The molecule has 0 radical (unpaired) electrons. The van der Waals surface area contributed by atoms with Crippen molar-refractivity contribution < 1.29 is 20.4 Å². The van der Waals surface area contributed by atoms with Gasteiger partial charge in [0, 0.05) is 17.9 Å². The fourth-order valence-electron chi connectivity index (χ4n) is 7.16. The van der Waals surface area contributed by atoms with Gasteiger partial charge in [-0.05, 0) is 61.7 Å². The number of aliphatic hydroxyl groups excluding tert-OH is 3. The van der Waals surface area contributed by atoms with Gasteiger partial charge in [-0.2, -0.15) is 0 Å². The van der Waals surface area contributed by atoms with E-state index in [4.69, 9.17) is 0 Å². The van der Waals surface area contributed by atoms with Crippen LogP contribution in [0.15, 0.2) is 12.2 Å². The van der Waals surface area contributed by atoms with Gasteiger partial charge in [-0.15, -0.1) is 0 Å². The fraction of sp³-hybridized carbons (Fsp3) is 0.900. The van der Waals surface area contributed by atoms with E-state index in [1.54, 1.807) is 0 Å². The quantitative estimate of drug-likeness (QED) is 0.551. The average molecular weight is 336 g/mol. The lowest BCUT2D eigenvalue weighted by molar-refractivity contribution is -0.169. The Morgan fingerprint density at radius 3 is 2.42 bits per heavy atom. The van der Waals surface area contributed by atoms with E-state index in [1.807, 2.05) is 13.8 Å². The number of hydrogen-bond donors (Lipinski definition) is 4. The molecule has 4 saturated carbocycles. The summed E-state index contributed by atoms with van der Waals surface area (Å²) in [6.45, 7) is 8.36. The molecule has 24 heavy (non-hydrogen) atoms. The van der Waals surface area contributed by atoms with Gasteiger partial charge >= 0.3 is 0 Å². The molecular formula is C20H32O4. The van der Waals surface area contributed by atoms with Crippen molar-refractivity contribution in [2.75, 3.05) is 6.61 Å². The van der Waals surface area contributed by atoms with Crippen LogP contribution < -0.4 is 0 Å². The normalized spacial score (nSPS) is 55.8. The largest absolute Gasteiger partial charge is 0.396 e. The molecule has 2 bridgehead atoms. The highest BCUT2D eigenvalue weighted by molar-refractivity contribution is 5.29. The van der Waals surface area contributed by atoms with Gasteiger partial charge in [0.25, 0.3) is 0 Å². The third-order valence-electron chi connectivity index (χ3n) is 8.66. The molecule has 0 saturated heterocycles. The molecule has 4 aliphatic rings. The Balaban J connectivity index is 1.78. The SMILES string of the molecule is C=C1[C@@H]2CC[C@@H]3C[C@]2(C[C@@H]3CO)C[C@@H](O)[C@@]2(O)[C@H]1C[C@H](O)C2(C)C. The van der Waals surface area contributed by atoms with Crippen LogP contribution in [0.2, 0.25) is 0 Å². The van der Waals surface area contributed by atoms with E-state index >= 15 is 0 Å². The predicted octanol–water partition coefficient (Wildman–Crippen LogP) is 1.86. The lowest BCUT2D eigenvalue weighted by Gasteiger charge is -2.45. The first-order valence-electron chi connectivity index (χ1n) is 9.55. The molecule has 0 amide bonds. The third-order valence-corrected chi connectivity index (χ3v) is 8.66. The second-order valence-corrected chi connectivity index (χ2v) is 9.75. The first-order chi connectivity index (χ1) is 11.2. The first kappa shape index (κ1) is 17.0. The molecular weight excluding hydrogens is 304 g/mol. The zero-order valence-corrected chi connectivity index (χ0v) is 14.9. The number of hydrogen-bond acceptors (Lipinski definition) is 4. The maximum absolute atomic E-state index is 11.6. The molecule has 0 aromatic rings. The number of aliphatic hydroxyl groups is 4. The summed E-state index contributed by atoms with van der Waals surface area (Å²) in [5.74, 6) is 0.908. The lowest BCUT2D eigenvalue weighted by Crippen LogP contribution is -2.56. The van der Waals surface area contributed by atoms with Gasteiger partial charge in [-0.1, -0.05) is 26.0 Å². The summed E-state index contributed by atoms with van der Waals surface area (Å²) in [6.07, 6.45) is 3.67. The van der Waals surface area contributed by atoms with Crippen LogP contribution in [-0.2, 0) is 0 Å². The molecule has 0 aromatic carbocycles. The van der Waals surface area contributed by atoms with Gasteiger partial charge in [-0.3, -0.25) is 0 Å². The second-order valence-electron chi connectivity index (χ2n) is 9.75. The maximum atomic E-state index is 11.6. The van der Waals surface area contributed by atoms with Crippen LogP contribution in [0.1, 0.15) is 52.4 Å². The topological polar surface area (TPSA) is 80.9 Å². The van der Waals surface area contributed by atoms with Gasteiger partial charge in [0.2, 0.25) is 0 Å². The van der Waals surface area contributed by atoms with E-state index in [-0.39, 0.29) is 17.9 Å². The van der Waals surface area contributed by atoms with E-state index in [9.17, 15) is 20.4 Å². The van der Waals surface area contributed by atoms with Gasteiger partial charge in [-0.25, -0.2) is 0 Å². The molecule has 4 heteroatoms. The fourth-order valence-corrected chi connectivity index (χ4v) is 7.16. The van der Waals surface area contributed by atoms with Crippen molar-refractivity contribution in [3.05, 3.63) is 12.2 Å². The highest BCUT2D eigenvalue weighted by Gasteiger charge is 2.68. The Morgan fingerprint density at radius 1 is 1.04 bits per heavy atom. The van der Waals surface area contributed by atoms with Crippen molar-refractivity contribution in [2.45, 2.75) is 70.2 Å². The third kappa shape index (κ3) is 1.83. The standard InChI is InChI=1S/C20H32O4/c1-11-14-5-4-12-7-19(14,8-13(12)10-21)9-17(23)20(24)15(11)6-16(22)18(20,2)3/h12-17,21-24H,1,4-10H2,2-3H3/t12-,13-,14+,15+,16+,17-,19+,20+/m1/s1. The number of fused-ring (bicyclic) bond motifs is 2. The van der Waals surface area contributed by atoms with Crippen molar-refractivity contribution in [3.63, 3.8) is 0 Å². The molecule has 4 N–H and O–H groups in total. The van der Waals surface area contributed by atoms with Crippen molar-refractivity contribution in [1.29, 1.82) is 0 Å². The zero-order valence-electron chi connectivity index (χ0n) is 14.9. The predicted molar refractivity (Wildman–Crippen MR) is 91.1 cm³/mol. The lowest BCUT2D eigenvalue weighted by atomic mass is 9.63. The minimum atomic E-state index is -1.32. The zero-order chi connectivity index (χ0) is 17.5. The second kappa shape index (κ2) is 5.06. The summed E-state index contributed by atoms with van der Waals surface area (Å²) < 4.78 is 0. The highest BCUT2D eigenvalue weighted by atomic mass is 16.4. The average Bonchev–Trinajstić information content (AvgIpc) is 2.88. The van der Waals surface area contributed by atoms with Gasteiger partial charge in [0.15, 0.2) is 0 Å². The highest BCUT2D eigenvalue weighted by Crippen LogP contribution is 2.67. The van der Waals surface area contributed by atoms with Crippen molar-refractivity contribution in [1.82, 2.24) is 0 Å². The van der Waals surface area contributed by atoms with E-state index in [1.165, 1.54) is 0 Å². The molecule has 4 rings (SSSR count). The molecule has 4 nitrogen and oxygen atoms in total. The molecule has 0 unspecified atom stereocenters. The maximum Gasteiger partial charge on any atom is 0.105 e. The Morgan fingerprint density at radius 2 is 1.75 bits per heavy atom. The molecule has 8 atom stereocenters. The Hall–Kier alpha value is -0.420. The van der Waals surface area contributed by atoms with Gasteiger partial charge in [0.05, 0.1) is 12.2 Å². The summed E-state index contributed by atoms with van der Waals surface area (Å²) in [7, 11) is 0. The Kier molecular flexibility index (Phi) is 3.59. The van der Waals surface area contributed by atoms with Crippen LogP contribution in [0.25, 0.3) is 0 Å². The monoisotopic (exact) mass is 336 g/mol. The molecule has 0 heterocycles. The first-order valence-corrected chi connectivity index (χ1v) is 9.55. The van der Waals surface area contributed by atoms with Crippen molar-refractivity contribution in [3.8, 4) is 0 Å². The van der Waals surface area contributed by atoms with Crippen molar-refractivity contribution in [2.24, 2.45) is 34.5 Å². The van der Waals surface area contributed by atoms with E-state index in [2.05, 4.69) is 6.58 Å². The summed E-state index contributed by atoms with van der Waals surface area (Å²) in [6, 6.07) is 0. The van der Waals surface area contributed by atoms with Crippen LogP contribution in [0.5, 0.6) is 0 Å². The van der Waals surface area contributed by atoms with Gasteiger partial charge < -0.3 is 20.4 Å². The summed E-state index contributed by atoms with van der Waals surface area (Å²) in [4.78, 5) is 0. The van der Waals surface area contributed by atoms with Crippen LogP contribution in [-0.4, -0.2) is 44.8 Å².